The van der Waals surface area contributed by atoms with E-state index in [1.165, 1.54) is 24.3 Å². The van der Waals surface area contributed by atoms with Gasteiger partial charge in [-0.2, -0.15) is 0 Å². The molecule has 0 saturated carbocycles. The van der Waals surface area contributed by atoms with Gasteiger partial charge in [0.2, 0.25) is 5.76 Å². The third kappa shape index (κ3) is 4.20. The van der Waals surface area contributed by atoms with Crippen molar-refractivity contribution in [1.82, 2.24) is 0 Å². The number of furan rings is 1. The van der Waals surface area contributed by atoms with E-state index >= 15 is 0 Å². The number of Topliss-reactive ketones (excluding diaryl/α,β-unsaturated/α-hetero) is 1. The number of carbonyl (C=O) groups excluding carboxylic acids is 2. The minimum absolute atomic E-state index is 0.00539. The molecule has 136 valence electrons. The van der Waals surface area contributed by atoms with E-state index in [4.69, 9.17) is 9.15 Å². The van der Waals surface area contributed by atoms with E-state index in [9.17, 15) is 14.0 Å². The molecule has 4 nitrogen and oxygen atoms in total. The highest BCUT2D eigenvalue weighted by Gasteiger charge is 2.16. The Labute approximate surface area is 156 Å². The molecule has 0 aliphatic heterocycles. The van der Waals surface area contributed by atoms with Gasteiger partial charge in [0.15, 0.2) is 17.3 Å². The number of rotatable bonds is 4. The van der Waals surface area contributed by atoms with Crippen molar-refractivity contribution in [3.63, 3.8) is 0 Å². The zero-order chi connectivity index (χ0) is 19.4. The zero-order valence-corrected chi connectivity index (χ0v) is 14.9. The first-order valence-electron chi connectivity index (χ1n) is 8.33. The van der Waals surface area contributed by atoms with Crippen molar-refractivity contribution in [3.05, 3.63) is 94.8 Å². The molecule has 5 heteroatoms. The lowest BCUT2D eigenvalue weighted by Crippen LogP contribution is -2.08. The Morgan fingerprint density at radius 3 is 2.63 bits per heavy atom. The molecule has 1 aromatic carbocycles. The molecular formula is C22H17FO4. The van der Waals surface area contributed by atoms with E-state index < -0.39 is 11.8 Å². The molecule has 0 unspecified atom stereocenters. The number of para-hydroxylation sites is 1. The second kappa shape index (κ2) is 7.83. The lowest BCUT2D eigenvalue weighted by molar-refractivity contribution is -0.112. The van der Waals surface area contributed by atoms with Crippen LogP contribution < -0.4 is 4.74 Å². The van der Waals surface area contributed by atoms with Crippen LogP contribution in [0, 0.1) is 5.82 Å². The first kappa shape index (κ1) is 18.3. The minimum Gasteiger partial charge on any atom is -0.450 e. The van der Waals surface area contributed by atoms with Crippen LogP contribution in [-0.2, 0) is 4.79 Å². The van der Waals surface area contributed by atoms with Crippen molar-refractivity contribution in [1.29, 1.82) is 0 Å². The maximum absolute atomic E-state index is 13.6. The summed E-state index contributed by atoms with van der Waals surface area (Å²) in [5.74, 6) is -1.17. The van der Waals surface area contributed by atoms with Crippen LogP contribution in [-0.4, -0.2) is 11.8 Å². The average Bonchev–Trinajstić information content (AvgIpc) is 3.13. The van der Waals surface area contributed by atoms with Crippen molar-refractivity contribution < 1.29 is 23.1 Å². The number of ether oxygens (including phenoxy) is 1. The van der Waals surface area contributed by atoms with Crippen LogP contribution in [0.15, 0.2) is 81.8 Å². The van der Waals surface area contributed by atoms with Gasteiger partial charge in [0, 0.05) is 5.57 Å². The maximum atomic E-state index is 13.6. The molecule has 0 N–H and O–H groups in total. The number of allylic oxidation sites excluding steroid dienone is 7. The van der Waals surface area contributed by atoms with Gasteiger partial charge in [0.05, 0.1) is 0 Å². The van der Waals surface area contributed by atoms with Gasteiger partial charge in [-0.3, -0.25) is 4.79 Å². The van der Waals surface area contributed by atoms with Crippen molar-refractivity contribution in [2.75, 3.05) is 0 Å². The van der Waals surface area contributed by atoms with Gasteiger partial charge in [-0.15, -0.1) is 0 Å². The number of carbonyl (C=O) groups is 2. The molecule has 2 aromatic rings. The summed E-state index contributed by atoms with van der Waals surface area (Å²) in [5.41, 5.74) is 2.12. The molecule has 1 aliphatic rings. The fourth-order valence-corrected chi connectivity index (χ4v) is 2.55. The van der Waals surface area contributed by atoms with Gasteiger partial charge in [-0.05, 0) is 67.5 Å². The summed E-state index contributed by atoms with van der Waals surface area (Å²) in [7, 11) is 0. The molecule has 27 heavy (non-hydrogen) atoms. The first-order valence-corrected chi connectivity index (χ1v) is 8.33. The molecule has 0 amide bonds. The van der Waals surface area contributed by atoms with E-state index in [-0.39, 0.29) is 17.3 Å². The second-order valence-electron chi connectivity index (χ2n) is 5.90. The molecule has 0 saturated heterocycles. The largest absolute Gasteiger partial charge is 0.450 e. The van der Waals surface area contributed by atoms with Gasteiger partial charge in [-0.25, -0.2) is 9.18 Å². The molecule has 0 bridgehead atoms. The summed E-state index contributed by atoms with van der Waals surface area (Å²) < 4.78 is 24.0. The van der Waals surface area contributed by atoms with Gasteiger partial charge in [0.1, 0.15) is 5.76 Å². The normalized spacial score (nSPS) is 15.8. The van der Waals surface area contributed by atoms with Crippen LogP contribution in [0.5, 0.6) is 5.75 Å². The number of hydrogen-bond acceptors (Lipinski definition) is 4. The molecule has 0 atom stereocenters. The van der Waals surface area contributed by atoms with Gasteiger partial charge in [0.25, 0.3) is 0 Å². The Morgan fingerprint density at radius 1 is 1.11 bits per heavy atom. The Kier molecular flexibility index (Phi) is 5.31. The lowest BCUT2D eigenvalue weighted by atomic mass is 9.94. The number of ketones is 1. The second-order valence-corrected chi connectivity index (χ2v) is 5.90. The number of benzene rings is 1. The molecule has 3 rings (SSSR count). The summed E-state index contributed by atoms with van der Waals surface area (Å²) >= 11 is 0. The standard InChI is InChI=1S/C22H17FO4/c1-3-16-13-15(12-14(2)21(16)24)8-9-17-10-11-20(26-17)22(25)27-19-7-5-4-6-18(19)23/h3-13H,1-2H3/b9-8+,16-3?. The lowest BCUT2D eigenvalue weighted by Gasteiger charge is -2.09. The van der Waals surface area contributed by atoms with Crippen LogP contribution >= 0.6 is 0 Å². The average molecular weight is 364 g/mol. The van der Waals surface area contributed by atoms with E-state index in [0.717, 1.165) is 5.57 Å². The molecule has 0 radical (unpaired) electrons. The summed E-state index contributed by atoms with van der Waals surface area (Å²) in [4.78, 5) is 24.0. The molecule has 0 fully saturated rings. The van der Waals surface area contributed by atoms with E-state index in [2.05, 4.69) is 0 Å². The van der Waals surface area contributed by atoms with E-state index in [0.29, 0.717) is 16.9 Å². The number of hydrogen-bond donors (Lipinski definition) is 0. The first-order chi connectivity index (χ1) is 13.0. The predicted octanol–water partition coefficient (Wildman–Crippen LogP) is 5.05. The maximum Gasteiger partial charge on any atom is 0.379 e. The van der Waals surface area contributed by atoms with Crippen molar-refractivity contribution >= 4 is 17.8 Å². The number of halogens is 1. The SMILES string of the molecule is CC=C1C=C(/C=C/c2ccc(C(=O)Oc3ccccc3F)o2)C=C(C)C1=O. The highest BCUT2D eigenvalue weighted by molar-refractivity contribution is 6.11. The zero-order valence-electron chi connectivity index (χ0n) is 14.9. The van der Waals surface area contributed by atoms with Crippen LogP contribution in [0.3, 0.4) is 0 Å². The Bertz CT molecular complexity index is 1020. The van der Waals surface area contributed by atoms with Crippen molar-refractivity contribution in [3.8, 4) is 5.75 Å². The monoisotopic (exact) mass is 364 g/mol. The molecule has 1 heterocycles. The smallest absolute Gasteiger partial charge is 0.379 e. The number of esters is 1. The Balaban J connectivity index is 1.73. The minimum atomic E-state index is -0.783. The predicted molar refractivity (Wildman–Crippen MR) is 99.7 cm³/mol. The quantitative estimate of drug-likeness (QED) is 0.433. The molecule has 0 spiro atoms. The molecule has 1 aromatic heterocycles. The van der Waals surface area contributed by atoms with Crippen LogP contribution in [0.1, 0.15) is 30.2 Å². The fourth-order valence-electron chi connectivity index (χ4n) is 2.55. The fraction of sp³-hybridized carbons (Fsp3) is 0.0909. The van der Waals surface area contributed by atoms with Gasteiger partial charge < -0.3 is 9.15 Å². The third-order valence-electron chi connectivity index (χ3n) is 3.94. The Morgan fingerprint density at radius 2 is 1.89 bits per heavy atom. The Hall–Kier alpha value is -3.47. The van der Waals surface area contributed by atoms with Crippen LogP contribution in [0.25, 0.3) is 6.08 Å². The van der Waals surface area contributed by atoms with Crippen LogP contribution in [0.4, 0.5) is 4.39 Å². The highest BCUT2D eigenvalue weighted by Crippen LogP contribution is 2.22. The molecular weight excluding hydrogens is 347 g/mol. The third-order valence-corrected chi connectivity index (χ3v) is 3.94. The summed E-state index contributed by atoms with van der Waals surface area (Å²) in [6.07, 6.45) is 8.78. The summed E-state index contributed by atoms with van der Waals surface area (Å²) in [6, 6.07) is 8.71. The highest BCUT2D eigenvalue weighted by atomic mass is 19.1. The van der Waals surface area contributed by atoms with Crippen LogP contribution in [0.2, 0.25) is 0 Å². The van der Waals surface area contributed by atoms with Crippen molar-refractivity contribution in [2.45, 2.75) is 13.8 Å². The summed E-state index contributed by atoms with van der Waals surface area (Å²) in [6.45, 7) is 3.57. The van der Waals surface area contributed by atoms with Gasteiger partial charge in [-0.1, -0.05) is 24.3 Å². The topological polar surface area (TPSA) is 56.5 Å². The van der Waals surface area contributed by atoms with E-state index in [1.807, 2.05) is 6.92 Å². The van der Waals surface area contributed by atoms with Gasteiger partial charge >= 0.3 is 5.97 Å². The van der Waals surface area contributed by atoms with Crippen molar-refractivity contribution in [2.24, 2.45) is 0 Å². The summed E-state index contributed by atoms with van der Waals surface area (Å²) in [5, 5.41) is 0. The van der Waals surface area contributed by atoms with E-state index in [1.54, 1.807) is 49.4 Å². The molecule has 1 aliphatic carbocycles.